The van der Waals surface area contributed by atoms with Crippen molar-refractivity contribution in [2.75, 3.05) is 0 Å². The standard InChI is InChI=1S/C8H8BO2S/c1-7-2-4-8(5-3-7)12(10,11)6-9/h2-6H,1H3. The third-order valence-corrected chi connectivity index (χ3v) is 2.82. The Hall–Kier alpha value is -0.895. The van der Waals surface area contributed by atoms with Crippen molar-refractivity contribution in [1.82, 2.24) is 0 Å². The van der Waals surface area contributed by atoms with Gasteiger partial charge >= 0.3 is 72.7 Å². The Morgan fingerprint density at radius 1 is 1.25 bits per heavy atom. The zero-order valence-corrected chi connectivity index (χ0v) is 7.51. The fourth-order valence-electron chi connectivity index (χ4n) is 0.807. The third-order valence-electron chi connectivity index (χ3n) is 1.53. The fourth-order valence-corrected chi connectivity index (χ4v) is 1.48. The van der Waals surface area contributed by atoms with Gasteiger partial charge in [0.15, 0.2) is 0 Å². The minimum absolute atomic E-state index is 0.232. The average molecular weight is 179 g/mol. The van der Waals surface area contributed by atoms with Crippen LogP contribution in [-0.4, -0.2) is 21.2 Å². The first-order valence-electron chi connectivity index (χ1n) is 3.43. The number of rotatable bonds is 2. The van der Waals surface area contributed by atoms with Crippen molar-refractivity contribution in [3.8, 4) is 0 Å². The van der Waals surface area contributed by atoms with E-state index < -0.39 is 9.84 Å². The van der Waals surface area contributed by atoms with E-state index >= 15 is 0 Å². The molecular formula is C8H8BO2S. The molecule has 0 amide bonds. The summed E-state index contributed by atoms with van der Waals surface area (Å²) >= 11 is 0. The maximum atomic E-state index is 11.1. The van der Waals surface area contributed by atoms with Crippen molar-refractivity contribution in [3.05, 3.63) is 29.8 Å². The predicted molar refractivity (Wildman–Crippen MR) is 50.2 cm³/mol. The summed E-state index contributed by atoms with van der Waals surface area (Å²) < 4.78 is 22.3. The number of aryl methyl sites for hydroxylation is 1. The summed E-state index contributed by atoms with van der Waals surface area (Å²) in [6.07, 6.45) is 0. The van der Waals surface area contributed by atoms with Crippen LogP contribution >= 0.6 is 0 Å². The van der Waals surface area contributed by atoms with Gasteiger partial charge in [0, 0.05) is 0 Å². The first kappa shape index (κ1) is 9.19. The average Bonchev–Trinajstić information content (AvgIpc) is 2.05. The molecule has 0 fully saturated rings. The number of hydrogen-bond acceptors (Lipinski definition) is 2. The second kappa shape index (κ2) is 3.23. The molecule has 1 radical (unpaired) electrons. The van der Waals surface area contributed by atoms with Crippen LogP contribution in [0.1, 0.15) is 5.56 Å². The van der Waals surface area contributed by atoms with Crippen LogP contribution in [0.4, 0.5) is 0 Å². The van der Waals surface area contributed by atoms with E-state index in [9.17, 15) is 8.42 Å². The van der Waals surface area contributed by atoms with E-state index in [0.29, 0.717) is 5.30 Å². The Labute approximate surface area is 73.2 Å². The van der Waals surface area contributed by atoms with Gasteiger partial charge in [-0.3, -0.25) is 0 Å². The maximum absolute atomic E-state index is 11.1. The molecule has 0 saturated carbocycles. The molecule has 0 heterocycles. The monoisotopic (exact) mass is 179 g/mol. The van der Waals surface area contributed by atoms with Crippen LogP contribution in [0.5, 0.6) is 0 Å². The summed E-state index contributed by atoms with van der Waals surface area (Å²) in [5, 5.41) is 0.706. The molecular weight excluding hydrogens is 171 g/mol. The van der Waals surface area contributed by atoms with Crippen molar-refractivity contribution in [2.45, 2.75) is 11.8 Å². The SMILES string of the molecule is [B]=CS(=O)(=O)c1ccc(C)cc1. The molecule has 4 heteroatoms. The van der Waals surface area contributed by atoms with Gasteiger partial charge in [0.25, 0.3) is 0 Å². The molecule has 1 rings (SSSR count). The quantitative estimate of drug-likeness (QED) is 0.626. The molecule has 0 saturated heterocycles. The van der Waals surface area contributed by atoms with Gasteiger partial charge in [0.1, 0.15) is 0 Å². The number of hydrogen-bond donors (Lipinski definition) is 0. The molecule has 0 spiro atoms. The summed E-state index contributed by atoms with van der Waals surface area (Å²) in [5.41, 5.74) is 1.02. The number of sulfone groups is 1. The van der Waals surface area contributed by atoms with Gasteiger partial charge in [-0.2, -0.15) is 0 Å². The van der Waals surface area contributed by atoms with Gasteiger partial charge in [-0.1, -0.05) is 0 Å². The molecule has 0 aliphatic carbocycles. The second-order valence-electron chi connectivity index (χ2n) is 2.49. The van der Waals surface area contributed by atoms with Crippen LogP contribution in [0.15, 0.2) is 29.2 Å². The minimum atomic E-state index is -3.36. The number of benzene rings is 1. The summed E-state index contributed by atoms with van der Waals surface area (Å²) in [4.78, 5) is 0.232. The van der Waals surface area contributed by atoms with Crippen LogP contribution in [-0.2, 0) is 9.84 Å². The molecule has 0 atom stereocenters. The first-order chi connectivity index (χ1) is 5.56. The van der Waals surface area contributed by atoms with Crippen molar-refractivity contribution in [2.24, 2.45) is 0 Å². The molecule has 1 aromatic rings. The van der Waals surface area contributed by atoms with Crippen molar-refractivity contribution < 1.29 is 8.42 Å². The molecule has 12 heavy (non-hydrogen) atoms. The molecule has 1 aromatic carbocycles. The van der Waals surface area contributed by atoms with Gasteiger partial charge in [0.05, 0.1) is 0 Å². The Balaban J connectivity index is 3.23. The van der Waals surface area contributed by atoms with E-state index in [-0.39, 0.29) is 4.90 Å². The molecule has 0 N–H and O–H groups in total. The van der Waals surface area contributed by atoms with Gasteiger partial charge in [-0.15, -0.1) is 0 Å². The summed E-state index contributed by atoms with van der Waals surface area (Å²) in [7, 11) is 1.60. The Morgan fingerprint density at radius 3 is 2.17 bits per heavy atom. The summed E-state index contributed by atoms with van der Waals surface area (Å²) in [5.74, 6) is 0. The predicted octanol–water partition coefficient (Wildman–Crippen LogP) is 0.697. The van der Waals surface area contributed by atoms with Crippen molar-refractivity contribution >= 4 is 22.6 Å². The summed E-state index contributed by atoms with van der Waals surface area (Å²) in [6, 6.07) is 6.54. The fraction of sp³-hybridized carbons (Fsp3) is 0.125. The third kappa shape index (κ3) is 1.82. The van der Waals surface area contributed by atoms with Gasteiger partial charge in [0.2, 0.25) is 0 Å². The van der Waals surface area contributed by atoms with Crippen LogP contribution in [0, 0.1) is 6.92 Å². The van der Waals surface area contributed by atoms with Crippen molar-refractivity contribution in [1.29, 1.82) is 0 Å². The van der Waals surface area contributed by atoms with Crippen LogP contribution in [0.2, 0.25) is 0 Å². The normalized spacial score (nSPS) is 11.0. The molecule has 0 unspecified atom stereocenters. The topological polar surface area (TPSA) is 34.1 Å². The van der Waals surface area contributed by atoms with Crippen LogP contribution in [0.3, 0.4) is 0 Å². The first-order valence-corrected chi connectivity index (χ1v) is 4.97. The molecule has 0 aliphatic heterocycles. The van der Waals surface area contributed by atoms with Crippen LogP contribution in [0.25, 0.3) is 0 Å². The summed E-state index contributed by atoms with van der Waals surface area (Å²) in [6.45, 7) is 1.89. The second-order valence-corrected chi connectivity index (χ2v) is 4.33. The molecule has 0 aromatic heterocycles. The van der Waals surface area contributed by atoms with Gasteiger partial charge < -0.3 is 0 Å². The molecule has 0 aliphatic rings. The molecule has 0 bridgehead atoms. The Morgan fingerprint density at radius 2 is 1.75 bits per heavy atom. The van der Waals surface area contributed by atoms with E-state index in [2.05, 4.69) is 0 Å². The van der Waals surface area contributed by atoms with E-state index in [1.807, 2.05) is 6.92 Å². The van der Waals surface area contributed by atoms with E-state index in [1.54, 1.807) is 12.1 Å². The molecule has 61 valence electrons. The van der Waals surface area contributed by atoms with E-state index in [0.717, 1.165) is 5.56 Å². The van der Waals surface area contributed by atoms with Crippen molar-refractivity contribution in [3.63, 3.8) is 0 Å². The zero-order chi connectivity index (χ0) is 9.19. The van der Waals surface area contributed by atoms with E-state index in [4.69, 9.17) is 7.49 Å². The Kier molecular flexibility index (Phi) is 2.47. The zero-order valence-electron chi connectivity index (χ0n) is 6.69. The van der Waals surface area contributed by atoms with E-state index in [1.165, 1.54) is 12.1 Å². The van der Waals surface area contributed by atoms with Crippen LogP contribution < -0.4 is 0 Å². The van der Waals surface area contributed by atoms with Gasteiger partial charge in [-0.05, 0) is 0 Å². The Bertz CT molecular complexity index is 378. The van der Waals surface area contributed by atoms with Gasteiger partial charge in [-0.25, -0.2) is 0 Å². The molecule has 2 nitrogen and oxygen atoms in total.